The van der Waals surface area contributed by atoms with E-state index in [0.29, 0.717) is 17.6 Å². The van der Waals surface area contributed by atoms with E-state index < -0.39 is 0 Å². The lowest BCUT2D eigenvalue weighted by Gasteiger charge is -2.20. The van der Waals surface area contributed by atoms with E-state index in [1.807, 2.05) is 24.0 Å². The molecule has 0 saturated carbocycles. The summed E-state index contributed by atoms with van der Waals surface area (Å²) in [6, 6.07) is 12.4. The molecule has 0 aliphatic carbocycles. The molecule has 2 aliphatic heterocycles. The van der Waals surface area contributed by atoms with Crippen LogP contribution in [0.3, 0.4) is 0 Å². The van der Waals surface area contributed by atoms with Crippen molar-refractivity contribution in [2.24, 2.45) is 11.8 Å². The van der Waals surface area contributed by atoms with Crippen LogP contribution in [-0.4, -0.2) is 37.0 Å². The molecule has 4 nitrogen and oxygen atoms in total. The van der Waals surface area contributed by atoms with E-state index in [0.717, 1.165) is 66.3 Å². The zero-order valence-corrected chi connectivity index (χ0v) is 15.1. The minimum absolute atomic E-state index is 0.0516. The molecule has 0 unspecified atom stereocenters. The molecule has 2 aromatic carbocycles. The first-order valence-corrected chi connectivity index (χ1v) is 9.63. The highest BCUT2D eigenvalue weighted by Crippen LogP contribution is 2.33. The highest BCUT2D eigenvalue weighted by atomic mass is 16.3. The number of rotatable bonds is 1. The van der Waals surface area contributed by atoms with Gasteiger partial charge >= 0.3 is 0 Å². The van der Waals surface area contributed by atoms with Crippen LogP contribution in [0.25, 0.3) is 21.7 Å². The largest absolute Gasteiger partial charge is 0.450 e. The van der Waals surface area contributed by atoms with Gasteiger partial charge in [0.25, 0.3) is 5.91 Å². The second kappa shape index (κ2) is 6.13. The normalized spacial score (nSPS) is 23.3. The van der Waals surface area contributed by atoms with Crippen LogP contribution in [-0.2, 0) is 0 Å². The Bertz CT molecular complexity index is 976. The van der Waals surface area contributed by atoms with Crippen LogP contribution in [0.15, 0.2) is 40.8 Å². The van der Waals surface area contributed by atoms with Crippen LogP contribution in [0.2, 0.25) is 0 Å². The summed E-state index contributed by atoms with van der Waals surface area (Å²) >= 11 is 0. The Kier molecular flexibility index (Phi) is 3.75. The minimum atomic E-state index is 0.0516. The number of amides is 1. The highest BCUT2D eigenvalue weighted by molar-refractivity contribution is 6.08. The van der Waals surface area contributed by atoms with Gasteiger partial charge in [0.2, 0.25) is 0 Å². The summed E-state index contributed by atoms with van der Waals surface area (Å²) < 4.78 is 6.16. The fraction of sp³-hybridized carbons (Fsp3) is 0.409. The first-order chi connectivity index (χ1) is 12.7. The Hall–Kier alpha value is -2.33. The smallest absolute Gasteiger partial charge is 0.289 e. The fourth-order valence-electron chi connectivity index (χ4n) is 4.72. The third-order valence-corrected chi connectivity index (χ3v) is 6.33. The molecule has 2 atom stereocenters. The Morgan fingerprint density at radius 2 is 1.77 bits per heavy atom. The van der Waals surface area contributed by atoms with Gasteiger partial charge in [-0.15, -0.1) is 0 Å². The van der Waals surface area contributed by atoms with Crippen molar-refractivity contribution >= 4 is 27.6 Å². The number of benzene rings is 2. The molecule has 26 heavy (non-hydrogen) atoms. The molecule has 0 bridgehead atoms. The van der Waals surface area contributed by atoms with Crippen molar-refractivity contribution in [3.8, 4) is 0 Å². The SMILES string of the molecule is Cc1c(C(=O)N2CC[C@@H]3CNC[C@@H]3CC2)oc2c1ccc1ccccc12. The van der Waals surface area contributed by atoms with Crippen LogP contribution >= 0.6 is 0 Å². The molecule has 1 amide bonds. The van der Waals surface area contributed by atoms with Crippen molar-refractivity contribution in [1.82, 2.24) is 10.2 Å². The molecule has 4 heteroatoms. The number of carbonyl (C=O) groups excluding carboxylic acids is 1. The van der Waals surface area contributed by atoms with Crippen molar-refractivity contribution in [3.63, 3.8) is 0 Å². The average molecular weight is 348 g/mol. The molecule has 2 saturated heterocycles. The monoisotopic (exact) mass is 348 g/mol. The third kappa shape index (κ3) is 2.43. The van der Waals surface area contributed by atoms with E-state index in [-0.39, 0.29) is 5.91 Å². The number of aryl methyl sites for hydroxylation is 1. The van der Waals surface area contributed by atoms with Crippen LogP contribution in [0.4, 0.5) is 0 Å². The fourth-order valence-corrected chi connectivity index (χ4v) is 4.72. The number of carbonyl (C=O) groups is 1. The third-order valence-electron chi connectivity index (χ3n) is 6.33. The van der Waals surface area contributed by atoms with Gasteiger partial charge in [0.15, 0.2) is 5.76 Å². The van der Waals surface area contributed by atoms with E-state index in [4.69, 9.17) is 4.42 Å². The topological polar surface area (TPSA) is 45.5 Å². The summed E-state index contributed by atoms with van der Waals surface area (Å²) in [4.78, 5) is 15.2. The maximum absolute atomic E-state index is 13.2. The Labute approximate surface area is 153 Å². The zero-order valence-electron chi connectivity index (χ0n) is 15.1. The summed E-state index contributed by atoms with van der Waals surface area (Å²) in [5.41, 5.74) is 1.79. The van der Waals surface area contributed by atoms with E-state index >= 15 is 0 Å². The van der Waals surface area contributed by atoms with Gasteiger partial charge in [-0.2, -0.15) is 0 Å². The first-order valence-electron chi connectivity index (χ1n) is 9.63. The molecule has 1 aromatic heterocycles. The summed E-state index contributed by atoms with van der Waals surface area (Å²) in [5.74, 6) is 2.00. The number of fused-ring (bicyclic) bond motifs is 4. The number of nitrogens with zero attached hydrogens (tertiary/aromatic N) is 1. The molecular formula is C22H24N2O2. The van der Waals surface area contributed by atoms with Gasteiger partial charge in [-0.05, 0) is 50.1 Å². The number of hydrogen-bond donors (Lipinski definition) is 1. The Morgan fingerprint density at radius 1 is 1.04 bits per heavy atom. The second-order valence-corrected chi connectivity index (χ2v) is 7.77. The van der Waals surface area contributed by atoms with Gasteiger partial charge in [0.1, 0.15) is 5.58 Å². The molecule has 134 valence electrons. The lowest BCUT2D eigenvalue weighted by molar-refractivity contribution is 0.0728. The predicted octanol–water partition coefficient (Wildman–Crippen LogP) is 3.97. The molecule has 3 heterocycles. The van der Waals surface area contributed by atoms with Gasteiger partial charge in [0.05, 0.1) is 0 Å². The number of likely N-dealkylation sites (tertiary alicyclic amines) is 1. The predicted molar refractivity (Wildman–Crippen MR) is 103 cm³/mol. The quantitative estimate of drug-likeness (QED) is 0.724. The van der Waals surface area contributed by atoms with Gasteiger partial charge < -0.3 is 14.6 Å². The van der Waals surface area contributed by atoms with Crippen molar-refractivity contribution in [3.05, 3.63) is 47.7 Å². The lowest BCUT2D eigenvalue weighted by atomic mass is 9.92. The van der Waals surface area contributed by atoms with E-state index in [2.05, 4.69) is 29.6 Å². The maximum Gasteiger partial charge on any atom is 0.289 e. The second-order valence-electron chi connectivity index (χ2n) is 7.77. The Morgan fingerprint density at radius 3 is 2.54 bits per heavy atom. The number of hydrogen-bond acceptors (Lipinski definition) is 3. The van der Waals surface area contributed by atoms with E-state index in [9.17, 15) is 4.79 Å². The van der Waals surface area contributed by atoms with Gasteiger partial charge in [-0.3, -0.25) is 4.79 Å². The van der Waals surface area contributed by atoms with Crippen molar-refractivity contribution < 1.29 is 9.21 Å². The molecular weight excluding hydrogens is 324 g/mol. The summed E-state index contributed by atoms with van der Waals surface area (Å²) in [5, 5.41) is 6.75. The van der Waals surface area contributed by atoms with Gasteiger partial charge in [0, 0.05) is 29.4 Å². The highest BCUT2D eigenvalue weighted by Gasteiger charge is 2.33. The number of nitrogens with one attached hydrogen (secondary N) is 1. The molecule has 0 spiro atoms. The van der Waals surface area contributed by atoms with Gasteiger partial charge in [-0.25, -0.2) is 0 Å². The molecule has 2 aliphatic rings. The van der Waals surface area contributed by atoms with Crippen LogP contribution in [0.1, 0.15) is 29.0 Å². The van der Waals surface area contributed by atoms with E-state index in [1.165, 1.54) is 0 Å². The Balaban J connectivity index is 1.51. The lowest BCUT2D eigenvalue weighted by Crippen LogP contribution is -2.32. The summed E-state index contributed by atoms with van der Waals surface area (Å²) in [6.07, 6.45) is 2.18. The average Bonchev–Trinajstić information content (AvgIpc) is 3.20. The number of furan rings is 1. The summed E-state index contributed by atoms with van der Waals surface area (Å²) in [7, 11) is 0. The van der Waals surface area contributed by atoms with E-state index in [1.54, 1.807) is 0 Å². The van der Waals surface area contributed by atoms with Gasteiger partial charge in [-0.1, -0.05) is 36.4 Å². The van der Waals surface area contributed by atoms with Crippen LogP contribution in [0, 0.1) is 18.8 Å². The van der Waals surface area contributed by atoms with Crippen molar-refractivity contribution in [2.45, 2.75) is 19.8 Å². The summed E-state index contributed by atoms with van der Waals surface area (Å²) in [6.45, 7) is 5.87. The first kappa shape index (κ1) is 15.9. The maximum atomic E-state index is 13.2. The minimum Gasteiger partial charge on any atom is -0.450 e. The van der Waals surface area contributed by atoms with Crippen molar-refractivity contribution in [1.29, 1.82) is 0 Å². The van der Waals surface area contributed by atoms with Crippen LogP contribution in [0.5, 0.6) is 0 Å². The molecule has 1 N–H and O–H groups in total. The molecule has 3 aromatic rings. The standard InChI is InChI=1S/C22H24N2O2/c1-14-18-7-6-15-4-2-3-5-19(15)21(18)26-20(14)22(25)24-10-8-16-12-23-13-17(16)9-11-24/h2-7,16-17,23H,8-13H2,1H3/t16-,17+. The van der Waals surface area contributed by atoms with Crippen molar-refractivity contribution in [2.75, 3.05) is 26.2 Å². The molecule has 5 rings (SSSR count). The molecule has 0 radical (unpaired) electrons. The van der Waals surface area contributed by atoms with Crippen LogP contribution < -0.4 is 5.32 Å². The molecule has 2 fully saturated rings. The zero-order chi connectivity index (χ0) is 17.7.